The van der Waals surface area contributed by atoms with Crippen LogP contribution < -0.4 is 21.7 Å². The molecule has 3 amide bonds. The van der Waals surface area contributed by atoms with Gasteiger partial charge in [0, 0.05) is 38.9 Å². The third-order valence-electron chi connectivity index (χ3n) is 5.43. The summed E-state index contributed by atoms with van der Waals surface area (Å²) in [4.78, 5) is 25.6. The van der Waals surface area contributed by atoms with Gasteiger partial charge in [0.2, 0.25) is 5.91 Å². The van der Waals surface area contributed by atoms with Crippen molar-refractivity contribution in [2.45, 2.75) is 64.1 Å². The predicted octanol–water partition coefficient (Wildman–Crippen LogP) is 0.297. The number of hydrogen-bond donors (Lipinski definition) is 6. The Kier molecular flexibility index (Phi) is 9.41. The Morgan fingerprint density at radius 1 is 1.16 bits per heavy atom. The van der Waals surface area contributed by atoms with Gasteiger partial charge in [0.05, 0.1) is 0 Å². The molecule has 0 unspecified atom stereocenters. The third kappa shape index (κ3) is 7.42. The van der Waals surface area contributed by atoms with E-state index in [4.69, 9.17) is 10.5 Å². The van der Waals surface area contributed by atoms with Gasteiger partial charge in [0.1, 0.15) is 24.5 Å². The van der Waals surface area contributed by atoms with Gasteiger partial charge in [-0.1, -0.05) is 32.9 Å². The van der Waals surface area contributed by atoms with Crippen LogP contribution in [-0.4, -0.2) is 77.9 Å². The van der Waals surface area contributed by atoms with Gasteiger partial charge >= 0.3 is 6.03 Å². The van der Waals surface area contributed by atoms with Crippen LogP contribution in [0.5, 0.6) is 0 Å². The summed E-state index contributed by atoms with van der Waals surface area (Å²) < 4.78 is 5.58. The van der Waals surface area contributed by atoms with Gasteiger partial charge in [-0.05, 0) is 29.5 Å². The first-order valence-electron chi connectivity index (χ1n) is 10.9. The molecular formula is C22H37N5O5. The van der Waals surface area contributed by atoms with E-state index in [2.05, 4.69) is 36.7 Å². The average molecular weight is 452 g/mol. The number of aliphatic hydroxyl groups excluding tert-OH is 2. The molecule has 1 heterocycles. The van der Waals surface area contributed by atoms with Crippen molar-refractivity contribution in [1.82, 2.24) is 15.5 Å². The van der Waals surface area contributed by atoms with E-state index >= 15 is 0 Å². The molecule has 1 aliphatic heterocycles. The Morgan fingerprint density at radius 2 is 1.81 bits per heavy atom. The smallest absolute Gasteiger partial charge is 0.319 e. The lowest BCUT2D eigenvalue weighted by Crippen LogP contribution is -2.44. The molecule has 1 aromatic rings. The Labute approximate surface area is 189 Å². The number of anilines is 1. The Hall–Kier alpha value is -2.24. The zero-order valence-corrected chi connectivity index (χ0v) is 19.3. The summed E-state index contributed by atoms with van der Waals surface area (Å²) in [5, 5.41) is 28.5. The number of ether oxygens (including phenoxy) is 1. The fraction of sp³-hybridized carbons (Fsp3) is 0.636. The van der Waals surface area contributed by atoms with Crippen molar-refractivity contribution in [3.63, 3.8) is 0 Å². The first kappa shape index (κ1) is 26.0. The van der Waals surface area contributed by atoms with Crippen molar-refractivity contribution in [2.24, 2.45) is 5.73 Å². The number of amides is 3. The van der Waals surface area contributed by atoms with Crippen LogP contribution in [0.4, 0.5) is 10.5 Å². The second-order valence-electron chi connectivity index (χ2n) is 9.01. The summed E-state index contributed by atoms with van der Waals surface area (Å²) in [6.07, 6.45) is -3.25. The average Bonchev–Trinajstić information content (AvgIpc) is 2.98. The second kappa shape index (κ2) is 11.6. The second-order valence-corrected chi connectivity index (χ2v) is 9.01. The van der Waals surface area contributed by atoms with Crippen molar-refractivity contribution in [3.05, 3.63) is 29.8 Å². The SMILES string of the molecule is CC(=O)N(CCCNC(=O)Nc1ccc(C(C)(C)C)cc1)C[C@H]1O[C@@H](NCN)[C@H](O)[C@@H]1O. The molecular weight excluding hydrogens is 414 g/mol. The molecule has 0 saturated carbocycles. The highest BCUT2D eigenvalue weighted by Gasteiger charge is 2.43. The summed E-state index contributed by atoms with van der Waals surface area (Å²) in [5.41, 5.74) is 7.33. The first-order chi connectivity index (χ1) is 15.0. The molecule has 1 aliphatic rings. The van der Waals surface area contributed by atoms with E-state index in [1.165, 1.54) is 17.4 Å². The van der Waals surface area contributed by atoms with Crippen molar-refractivity contribution in [2.75, 3.05) is 31.6 Å². The number of rotatable bonds is 9. The maximum atomic E-state index is 12.1. The molecule has 0 aliphatic carbocycles. The highest BCUT2D eigenvalue weighted by atomic mass is 16.6. The van der Waals surface area contributed by atoms with Gasteiger partial charge in [0.15, 0.2) is 0 Å². The number of nitrogens with two attached hydrogens (primary N) is 1. The number of nitrogens with zero attached hydrogens (tertiary/aromatic N) is 1. The highest BCUT2D eigenvalue weighted by molar-refractivity contribution is 5.89. The lowest BCUT2D eigenvalue weighted by molar-refractivity contribution is -0.131. The number of nitrogens with one attached hydrogen (secondary N) is 3. The lowest BCUT2D eigenvalue weighted by atomic mass is 9.87. The number of carbonyl (C=O) groups is 2. The first-order valence-corrected chi connectivity index (χ1v) is 10.9. The number of hydrogen-bond acceptors (Lipinski definition) is 7. The van der Waals surface area contributed by atoms with E-state index in [-0.39, 0.29) is 30.6 Å². The normalized spacial score (nSPS) is 23.1. The van der Waals surface area contributed by atoms with Gasteiger partial charge in [-0.3, -0.25) is 10.1 Å². The van der Waals surface area contributed by atoms with E-state index in [0.29, 0.717) is 25.2 Å². The molecule has 32 heavy (non-hydrogen) atoms. The fourth-order valence-electron chi connectivity index (χ4n) is 3.48. The van der Waals surface area contributed by atoms with Gasteiger partial charge in [-0.15, -0.1) is 0 Å². The Bertz CT molecular complexity index is 752. The molecule has 0 bridgehead atoms. The minimum absolute atomic E-state index is 0.0445. The molecule has 2 rings (SSSR count). The maximum Gasteiger partial charge on any atom is 0.319 e. The molecule has 10 heteroatoms. The van der Waals surface area contributed by atoms with E-state index < -0.39 is 24.5 Å². The standard InChI is InChI=1S/C22H37N5O5/c1-14(28)27(12-17-18(29)19(30)20(32-17)25-13-23)11-5-10-24-21(31)26-16-8-6-15(7-9-16)22(2,3)4/h6-9,17-20,25,29-30H,5,10-13,23H2,1-4H3,(H2,24,26,31)/t17-,18-,19-,20-/m1/s1. The van der Waals surface area contributed by atoms with Crippen LogP contribution in [0.1, 0.15) is 39.7 Å². The molecule has 7 N–H and O–H groups in total. The summed E-state index contributed by atoms with van der Waals surface area (Å²) in [5.74, 6) is -0.186. The molecule has 180 valence electrons. The Morgan fingerprint density at radius 3 is 2.38 bits per heavy atom. The number of carbonyl (C=O) groups excluding carboxylic acids is 2. The molecule has 10 nitrogen and oxygen atoms in total. The van der Waals surface area contributed by atoms with Crippen LogP contribution >= 0.6 is 0 Å². The molecule has 0 radical (unpaired) electrons. The summed E-state index contributed by atoms with van der Waals surface area (Å²) in [7, 11) is 0. The lowest BCUT2D eigenvalue weighted by Gasteiger charge is -2.26. The number of aliphatic hydroxyl groups is 2. The monoisotopic (exact) mass is 451 g/mol. The Balaban J connectivity index is 1.76. The minimum atomic E-state index is -1.13. The summed E-state index contributed by atoms with van der Waals surface area (Å²) in [6, 6.07) is 7.39. The van der Waals surface area contributed by atoms with E-state index in [9.17, 15) is 19.8 Å². The van der Waals surface area contributed by atoms with Crippen molar-refractivity contribution in [3.8, 4) is 0 Å². The summed E-state index contributed by atoms with van der Waals surface area (Å²) >= 11 is 0. The third-order valence-corrected chi connectivity index (χ3v) is 5.43. The molecule has 1 fully saturated rings. The zero-order valence-electron chi connectivity index (χ0n) is 19.3. The van der Waals surface area contributed by atoms with Crippen LogP contribution in [0.3, 0.4) is 0 Å². The molecule has 4 atom stereocenters. The van der Waals surface area contributed by atoms with Gasteiger partial charge in [0.25, 0.3) is 0 Å². The molecule has 1 saturated heterocycles. The van der Waals surface area contributed by atoms with E-state index in [0.717, 1.165) is 0 Å². The van der Waals surface area contributed by atoms with E-state index in [1.54, 1.807) is 0 Å². The largest absolute Gasteiger partial charge is 0.387 e. The predicted molar refractivity (Wildman–Crippen MR) is 122 cm³/mol. The van der Waals surface area contributed by atoms with Crippen LogP contribution in [0, 0.1) is 0 Å². The van der Waals surface area contributed by atoms with Crippen LogP contribution in [-0.2, 0) is 14.9 Å². The van der Waals surface area contributed by atoms with Gasteiger partial charge in [-0.2, -0.15) is 0 Å². The van der Waals surface area contributed by atoms with Gasteiger partial charge < -0.3 is 36.2 Å². The van der Waals surface area contributed by atoms with E-state index in [1.807, 2.05) is 24.3 Å². The van der Waals surface area contributed by atoms with Gasteiger partial charge in [-0.25, -0.2) is 4.79 Å². The summed E-state index contributed by atoms with van der Waals surface area (Å²) in [6.45, 7) is 8.76. The molecule has 1 aromatic carbocycles. The number of urea groups is 1. The molecule has 0 aromatic heterocycles. The van der Waals surface area contributed by atoms with Crippen molar-refractivity contribution < 1.29 is 24.5 Å². The zero-order chi connectivity index (χ0) is 23.9. The highest BCUT2D eigenvalue weighted by Crippen LogP contribution is 2.23. The van der Waals surface area contributed by atoms with Crippen LogP contribution in [0.2, 0.25) is 0 Å². The maximum absolute atomic E-state index is 12.1. The quantitative estimate of drug-likeness (QED) is 0.233. The molecule has 0 spiro atoms. The fourth-order valence-corrected chi connectivity index (χ4v) is 3.48. The topological polar surface area (TPSA) is 149 Å². The van der Waals surface area contributed by atoms with Crippen LogP contribution in [0.15, 0.2) is 24.3 Å². The minimum Gasteiger partial charge on any atom is -0.387 e. The number of benzene rings is 1. The van der Waals surface area contributed by atoms with Crippen molar-refractivity contribution >= 4 is 17.6 Å². The van der Waals surface area contributed by atoms with Crippen molar-refractivity contribution in [1.29, 1.82) is 0 Å². The van der Waals surface area contributed by atoms with Crippen LogP contribution in [0.25, 0.3) is 0 Å².